The number of hydrogen-bond donors (Lipinski definition) is 1. The Bertz CT molecular complexity index is 702. The highest BCUT2D eigenvalue weighted by molar-refractivity contribution is 5.89. The quantitative estimate of drug-likeness (QED) is 0.920. The lowest BCUT2D eigenvalue weighted by molar-refractivity contribution is 0.0692. The predicted molar refractivity (Wildman–Crippen MR) is 77.5 cm³/mol. The van der Waals surface area contributed by atoms with Crippen LogP contribution >= 0.6 is 0 Å². The lowest BCUT2D eigenvalue weighted by Crippen LogP contribution is -2.32. The highest BCUT2D eigenvalue weighted by Crippen LogP contribution is 2.35. The summed E-state index contributed by atoms with van der Waals surface area (Å²) in [4.78, 5) is 16.9. The lowest BCUT2D eigenvalue weighted by Gasteiger charge is -2.34. The third-order valence-electron chi connectivity index (χ3n) is 3.70. The number of nitrogens with zero attached hydrogens (tertiary/aromatic N) is 2. The summed E-state index contributed by atoms with van der Waals surface area (Å²) in [6.07, 6.45) is 2.26. The second-order valence-corrected chi connectivity index (χ2v) is 5.35. The van der Waals surface area contributed by atoms with E-state index in [0.29, 0.717) is 12.5 Å². The van der Waals surface area contributed by atoms with E-state index >= 15 is 0 Å². The molecule has 2 aromatic rings. The number of halogens is 1. The molecule has 1 N–H and O–H groups in total. The van der Waals surface area contributed by atoms with Crippen molar-refractivity contribution >= 4 is 17.5 Å². The van der Waals surface area contributed by atoms with Crippen molar-refractivity contribution < 1.29 is 14.3 Å². The third kappa shape index (κ3) is 2.35. The average molecular weight is 286 g/mol. The standard InChI is InChI=1S/C16H15FN2O2/c1-10-8-11-4-2-3-5-13(11)19(9-10)15-14(17)12(16(20)21)6-7-18-15/h2-7,10H,8-9H2,1H3,(H,20,21). The van der Waals surface area contributed by atoms with Crippen molar-refractivity contribution in [3.8, 4) is 0 Å². The van der Waals surface area contributed by atoms with Crippen LogP contribution in [-0.2, 0) is 6.42 Å². The Morgan fingerprint density at radius 1 is 1.38 bits per heavy atom. The summed E-state index contributed by atoms with van der Waals surface area (Å²) in [7, 11) is 0. The zero-order valence-corrected chi connectivity index (χ0v) is 11.6. The summed E-state index contributed by atoms with van der Waals surface area (Å²) >= 11 is 0. The molecule has 21 heavy (non-hydrogen) atoms. The normalized spacial score (nSPS) is 17.4. The first-order chi connectivity index (χ1) is 10.1. The molecule has 1 unspecified atom stereocenters. The molecule has 108 valence electrons. The number of benzene rings is 1. The Morgan fingerprint density at radius 2 is 2.14 bits per heavy atom. The number of para-hydroxylation sites is 1. The van der Waals surface area contributed by atoms with Crippen molar-refractivity contribution in [3.05, 3.63) is 53.5 Å². The number of carbonyl (C=O) groups is 1. The molecular formula is C16H15FN2O2. The van der Waals surface area contributed by atoms with Gasteiger partial charge in [-0.25, -0.2) is 14.2 Å². The summed E-state index contributed by atoms with van der Waals surface area (Å²) < 4.78 is 14.4. The van der Waals surface area contributed by atoms with E-state index in [1.165, 1.54) is 12.3 Å². The molecule has 0 saturated carbocycles. The minimum atomic E-state index is -1.28. The topological polar surface area (TPSA) is 53.4 Å². The molecule has 4 nitrogen and oxygen atoms in total. The molecule has 0 spiro atoms. The Kier molecular flexibility index (Phi) is 3.33. The Morgan fingerprint density at radius 3 is 2.90 bits per heavy atom. The summed E-state index contributed by atoms with van der Waals surface area (Å²) in [5.41, 5.74) is 1.67. The Balaban J connectivity index is 2.13. The first-order valence-electron chi connectivity index (χ1n) is 6.81. The van der Waals surface area contributed by atoms with Gasteiger partial charge in [0.25, 0.3) is 0 Å². The molecule has 1 aromatic heterocycles. The largest absolute Gasteiger partial charge is 0.478 e. The molecule has 1 aromatic carbocycles. The van der Waals surface area contributed by atoms with Gasteiger partial charge in [0.15, 0.2) is 11.6 Å². The van der Waals surface area contributed by atoms with Gasteiger partial charge >= 0.3 is 5.97 Å². The molecule has 0 amide bonds. The van der Waals surface area contributed by atoms with E-state index in [0.717, 1.165) is 17.7 Å². The summed E-state index contributed by atoms with van der Waals surface area (Å²) in [6, 6.07) is 8.94. The molecule has 0 aliphatic carbocycles. The number of carboxylic acid groups (broad SMARTS) is 1. The van der Waals surface area contributed by atoms with Crippen molar-refractivity contribution in [2.45, 2.75) is 13.3 Å². The van der Waals surface area contributed by atoms with Gasteiger partial charge in [-0.2, -0.15) is 0 Å². The van der Waals surface area contributed by atoms with E-state index in [4.69, 9.17) is 5.11 Å². The van der Waals surface area contributed by atoms with Crippen molar-refractivity contribution in [2.24, 2.45) is 5.92 Å². The number of aromatic nitrogens is 1. The molecule has 0 saturated heterocycles. The molecule has 0 bridgehead atoms. The molecule has 2 heterocycles. The minimum Gasteiger partial charge on any atom is -0.478 e. The second-order valence-electron chi connectivity index (χ2n) is 5.35. The number of fused-ring (bicyclic) bond motifs is 1. The molecule has 0 radical (unpaired) electrons. The maximum atomic E-state index is 14.4. The van der Waals surface area contributed by atoms with Gasteiger partial charge in [0.05, 0.1) is 0 Å². The van der Waals surface area contributed by atoms with Gasteiger partial charge in [-0.1, -0.05) is 25.1 Å². The molecule has 5 heteroatoms. The van der Waals surface area contributed by atoms with Gasteiger partial charge in [0.1, 0.15) is 5.56 Å². The van der Waals surface area contributed by atoms with E-state index in [2.05, 4.69) is 11.9 Å². The van der Waals surface area contributed by atoms with Crippen molar-refractivity contribution in [3.63, 3.8) is 0 Å². The van der Waals surface area contributed by atoms with E-state index < -0.39 is 11.8 Å². The van der Waals surface area contributed by atoms with Gasteiger partial charge < -0.3 is 10.0 Å². The minimum absolute atomic E-state index is 0.0777. The Hall–Kier alpha value is -2.43. The van der Waals surface area contributed by atoms with E-state index in [-0.39, 0.29) is 11.4 Å². The van der Waals surface area contributed by atoms with E-state index in [9.17, 15) is 9.18 Å². The van der Waals surface area contributed by atoms with Gasteiger partial charge in [-0.05, 0) is 30.0 Å². The van der Waals surface area contributed by atoms with Crippen LogP contribution in [-0.4, -0.2) is 22.6 Å². The first-order valence-corrected chi connectivity index (χ1v) is 6.81. The van der Waals surface area contributed by atoms with Gasteiger partial charge in [0, 0.05) is 18.4 Å². The zero-order chi connectivity index (χ0) is 15.0. The van der Waals surface area contributed by atoms with Gasteiger partial charge in [0.2, 0.25) is 0 Å². The van der Waals surface area contributed by atoms with Crippen LogP contribution in [0.5, 0.6) is 0 Å². The van der Waals surface area contributed by atoms with Crippen LogP contribution in [0.2, 0.25) is 0 Å². The summed E-state index contributed by atoms with van der Waals surface area (Å²) in [6.45, 7) is 2.70. The number of rotatable bonds is 2. The van der Waals surface area contributed by atoms with E-state index in [1.807, 2.05) is 24.3 Å². The van der Waals surface area contributed by atoms with Crippen molar-refractivity contribution in [1.82, 2.24) is 4.98 Å². The highest BCUT2D eigenvalue weighted by atomic mass is 19.1. The summed E-state index contributed by atoms with van der Waals surface area (Å²) in [5.74, 6) is -1.65. The average Bonchev–Trinajstić information content (AvgIpc) is 2.46. The Labute approximate surface area is 121 Å². The molecule has 0 fully saturated rings. The highest BCUT2D eigenvalue weighted by Gasteiger charge is 2.27. The molecule has 1 aliphatic rings. The molecule has 1 atom stereocenters. The smallest absolute Gasteiger partial charge is 0.338 e. The third-order valence-corrected chi connectivity index (χ3v) is 3.70. The van der Waals surface area contributed by atoms with Gasteiger partial charge in [-0.15, -0.1) is 0 Å². The van der Waals surface area contributed by atoms with Crippen molar-refractivity contribution in [2.75, 3.05) is 11.4 Å². The maximum Gasteiger partial charge on any atom is 0.338 e. The summed E-state index contributed by atoms with van der Waals surface area (Å²) in [5, 5.41) is 9.05. The zero-order valence-electron chi connectivity index (χ0n) is 11.6. The number of aromatic carboxylic acids is 1. The first kappa shape index (κ1) is 13.5. The predicted octanol–water partition coefficient (Wildman–Crippen LogP) is 3.25. The van der Waals surface area contributed by atoms with Crippen LogP contribution in [0.4, 0.5) is 15.9 Å². The van der Waals surface area contributed by atoms with Crippen LogP contribution < -0.4 is 4.90 Å². The molecule has 3 rings (SSSR count). The monoisotopic (exact) mass is 286 g/mol. The number of hydrogen-bond acceptors (Lipinski definition) is 3. The maximum absolute atomic E-state index is 14.4. The van der Waals surface area contributed by atoms with Gasteiger partial charge in [-0.3, -0.25) is 0 Å². The van der Waals surface area contributed by atoms with Crippen LogP contribution in [0, 0.1) is 11.7 Å². The van der Waals surface area contributed by atoms with E-state index in [1.54, 1.807) is 4.90 Å². The van der Waals surface area contributed by atoms with Crippen LogP contribution in [0.25, 0.3) is 0 Å². The number of anilines is 2. The van der Waals surface area contributed by atoms with Crippen LogP contribution in [0.3, 0.4) is 0 Å². The second kappa shape index (κ2) is 5.16. The number of pyridine rings is 1. The molecular weight excluding hydrogens is 271 g/mol. The fraction of sp³-hybridized carbons (Fsp3) is 0.250. The SMILES string of the molecule is CC1Cc2ccccc2N(c2nccc(C(=O)O)c2F)C1. The fourth-order valence-corrected chi connectivity index (χ4v) is 2.78. The van der Waals surface area contributed by atoms with Crippen molar-refractivity contribution in [1.29, 1.82) is 0 Å². The van der Waals surface area contributed by atoms with Crippen LogP contribution in [0.1, 0.15) is 22.8 Å². The lowest BCUT2D eigenvalue weighted by atomic mass is 9.94. The number of carboxylic acids is 1. The van der Waals surface area contributed by atoms with Crippen LogP contribution in [0.15, 0.2) is 36.5 Å². The molecule has 1 aliphatic heterocycles. The fourth-order valence-electron chi connectivity index (χ4n) is 2.78.